The highest BCUT2D eigenvalue weighted by molar-refractivity contribution is 9.10. The number of nitrogens with zero attached hydrogens (tertiary/aromatic N) is 4. The minimum atomic E-state index is 0.645. The molecule has 0 unspecified atom stereocenters. The normalized spacial score (nSPS) is 11.0. The zero-order valence-electron chi connectivity index (χ0n) is 20.6. The Morgan fingerprint density at radius 1 is 1.00 bits per heavy atom. The summed E-state index contributed by atoms with van der Waals surface area (Å²) >= 11 is 9.32. The molecule has 0 aliphatic carbocycles. The summed E-state index contributed by atoms with van der Waals surface area (Å²) in [5.74, 6) is 2.32. The van der Waals surface area contributed by atoms with Crippen LogP contribution in [0.5, 0.6) is 5.75 Å². The van der Waals surface area contributed by atoms with Crippen LogP contribution in [-0.4, -0.2) is 31.5 Å². The van der Waals surface area contributed by atoms with Gasteiger partial charge in [0.25, 0.3) is 0 Å². The summed E-state index contributed by atoms with van der Waals surface area (Å²) in [6.45, 7) is 0.645. The van der Waals surface area contributed by atoms with E-state index in [0.717, 1.165) is 54.2 Å². The van der Waals surface area contributed by atoms with Crippen LogP contribution in [0.2, 0.25) is 0 Å². The van der Waals surface area contributed by atoms with E-state index in [1.165, 1.54) is 0 Å². The number of methoxy groups -OCH3 is 1. The molecule has 0 amide bonds. The Morgan fingerprint density at radius 2 is 1.84 bits per heavy atom. The van der Waals surface area contributed by atoms with E-state index in [4.69, 9.17) is 26.9 Å². The number of ether oxygens (including phenoxy) is 1. The Labute approximate surface area is 229 Å². The predicted octanol–water partition coefficient (Wildman–Crippen LogP) is 6.57. The molecule has 0 bridgehead atoms. The Bertz CT molecular complexity index is 1570. The molecule has 0 spiro atoms. The minimum absolute atomic E-state index is 0.645. The fraction of sp³-hybridized carbons (Fsp3) is 0.172. The van der Waals surface area contributed by atoms with Gasteiger partial charge in [-0.1, -0.05) is 46.3 Å². The molecule has 37 heavy (non-hydrogen) atoms. The van der Waals surface area contributed by atoms with Crippen LogP contribution >= 0.6 is 28.1 Å². The van der Waals surface area contributed by atoms with Gasteiger partial charge in [-0.25, -0.2) is 9.97 Å². The third-order valence-electron chi connectivity index (χ3n) is 6.15. The van der Waals surface area contributed by atoms with E-state index in [1.54, 1.807) is 19.5 Å². The second kappa shape index (κ2) is 11.2. The van der Waals surface area contributed by atoms with Gasteiger partial charge in [-0.05, 0) is 53.6 Å². The number of aromatic nitrogens is 4. The summed E-state index contributed by atoms with van der Waals surface area (Å²) in [5, 5.41) is 3.49. The fourth-order valence-corrected chi connectivity index (χ4v) is 5.07. The Hall–Kier alpha value is -3.62. The molecule has 0 saturated heterocycles. The maximum absolute atomic E-state index is 5.78. The van der Waals surface area contributed by atoms with Crippen LogP contribution in [0.4, 0.5) is 5.82 Å². The zero-order chi connectivity index (χ0) is 25.8. The van der Waals surface area contributed by atoms with Crippen molar-refractivity contribution in [2.24, 2.45) is 7.05 Å². The Morgan fingerprint density at radius 3 is 2.65 bits per heavy atom. The maximum atomic E-state index is 5.78. The molecule has 6 nitrogen and oxygen atoms in total. The van der Waals surface area contributed by atoms with Gasteiger partial charge in [0, 0.05) is 65.5 Å². The number of halogens is 1. The number of hydrogen-bond acceptors (Lipinski definition) is 6. The highest BCUT2D eigenvalue weighted by atomic mass is 79.9. The molecule has 0 fully saturated rings. The number of thiocarbonyl (C=S) groups is 1. The number of nitrogens with one attached hydrogen (secondary N) is 1. The lowest BCUT2D eigenvalue weighted by molar-refractivity contribution is 0.411. The molecular weight excluding hydrogens is 546 g/mol. The van der Waals surface area contributed by atoms with Crippen molar-refractivity contribution in [3.05, 3.63) is 100 Å². The first kappa shape index (κ1) is 25.0. The van der Waals surface area contributed by atoms with Crippen LogP contribution in [0.3, 0.4) is 0 Å². The van der Waals surface area contributed by atoms with E-state index in [1.807, 2.05) is 60.3 Å². The van der Waals surface area contributed by atoms with Crippen LogP contribution in [0, 0.1) is 0 Å². The summed E-state index contributed by atoms with van der Waals surface area (Å²) in [7, 11) is 3.69. The minimum Gasteiger partial charge on any atom is -0.496 e. The molecule has 0 radical (unpaired) electrons. The molecule has 1 N–H and O–H groups in total. The predicted molar refractivity (Wildman–Crippen MR) is 156 cm³/mol. The highest BCUT2D eigenvalue weighted by Gasteiger charge is 2.14. The Balaban J connectivity index is 1.39. The first-order valence-corrected chi connectivity index (χ1v) is 13.1. The van der Waals surface area contributed by atoms with Crippen molar-refractivity contribution in [2.45, 2.75) is 19.4 Å². The first-order chi connectivity index (χ1) is 18.0. The van der Waals surface area contributed by atoms with Gasteiger partial charge in [-0.2, -0.15) is 0 Å². The molecule has 2 aromatic carbocycles. The number of rotatable bonds is 9. The standard InChI is InChI=1S/C29H26BrN5OS/c1-35-13-10-25-27(35)29(32-18-19-8-11-31-12-9-19)34-28(33-25)21-5-3-4-20(14-21)15-24(37)17-22-16-23(30)6-7-26(22)36-2/h3-14,16H,15,17-18H2,1-2H3,(H,32,33,34). The van der Waals surface area contributed by atoms with Gasteiger partial charge in [-0.3, -0.25) is 4.98 Å². The molecule has 3 heterocycles. The summed E-state index contributed by atoms with van der Waals surface area (Å²) in [4.78, 5) is 14.8. The third-order valence-corrected chi connectivity index (χ3v) is 6.93. The summed E-state index contributed by atoms with van der Waals surface area (Å²) in [5.41, 5.74) is 6.15. The van der Waals surface area contributed by atoms with Crippen molar-refractivity contribution >= 4 is 49.9 Å². The van der Waals surface area contributed by atoms with E-state index < -0.39 is 0 Å². The van der Waals surface area contributed by atoms with Crippen LogP contribution < -0.4 is 10.1 Å². The molecule has 5 rings (SSSR count). The van der Waals surface area contributed by atoms with Crippen molar-refractivity contribution in [3.8, 4) is 17.1 Å². The summed E-state index contributed by atoms with van der Waals surface area (Å²) < 4.78 is 8.57. The van der Waals surface area contributed by atoms with Gasteiger partial charge >= 0.3 is 0 Å². The molecule has 0 aliphatic heterocycles. The van der Waals surface area contributed by atoms with Crippen molar-refractivity contribution in [1.29, 1.82) is 0 Å². The van der Waals surface area contributed by atoms with Gasteiger partial charge in [0.05, 0.1) is 12.6 Å². The van der Waals surface area contributed by atoms with Gasteiger partial charge in [0.15, 0.2) is 11.6 Å². The van der Waals surface area contributed by atoms with E-state index >= 15 is 0 Å². The van der Waals surface area contributed by atoms with Gasteiger partial charge < -0.3 is 14.6 Å². The zero-order valence-corrected chi connectivity index (χ0v) is 23.0. The SMILES string of the molecule is COc1ccc(Br)cc1CC(=S)Cc1cccc(-c2nc(NCc3ccncc3)c3c(ccn3C)n2)c1. The van der Waals surface area contributed by atoms with E-state index in [-0.39, 0.29) is 0 Å². The molecule has 0 aliphatic rings. The largest absolute Gasteiger partial charge is 0.496 e. The average molecular weight is 573 g/mol. The van der Waals surface area contributed by atoms with Crippen LogP contribution in [-0.2, 0) is 26.4 Å². The number of aryl methyl sites for hydroxylation is 1. The third kappa shape index (κ3) is 5.87. The fourth-order valence-electron chi connectivity index (χ4n) is 4.34. The number of benzene rings is 2. The van der Waals surface area contributed by atoms with Crippen LogP contribution in [0.25, 0.3) is 22.4 Å². The van der Waals surface area contributed by atoms with Gasteiger partial charge in [-0.15, -0.1) is 0 Å². The maximum Gasteiger partial charge on any atom is 0.162 e. The lowest BCUT2D eigenvalue weighted by Gasteiger charge is -2.12. The second-order valence-corrected chi connectivity index (χ2v) is 10.3. The molecular formula is C29H26BrN5OS. The van der Waals surface area contributed by atoms with Crippen molar-refractivity contribution in [2.75, 3.05) is 12.4 Å². The first-order valence-electron chi connectivity index (χ1n) is 11.9. The van der Waals surface area contributed by atoms with E-state index in [2.05, 4.69) is 44.4 Å². The van der Waals surface area contributed by atoms with Gasteiger partial charge in [0.1, 0.15) is 11.3 Å². The summed E-state index contributed by atoms with van der Waals surface area (Å²) in [6.07, 6.45) is 6.94. The van der Waals surface area contributed by atoms with Crippen LogP contribution in [0.15, 0.2) is 83.7 Å². The van der Waals surface area contributed by atoms with E-state index in [9.17, 15) is 0 Å². The van der Waals surface area contributed by atoms with Crippen molar-refractivity contribution in [1.82, 2.24) is 19.5 Å². The van der Waals surface area contributed by atoms with Crippen molar-refractivity contribution in [3.63, 3.8) is 0 Å². The molecule has 8 heteroatoms. The lowest BCUT2D eigenvalue weighted by Crippen LogP contribution is -2.07. The number of fused-ring (bicyclic) bond motifs is 1. The molecule has 0 saturated carbocycles. The van der Waals surface area contributed by atoms with Gasteiger partial charge in [0.2, 0.25) is 0 Å². The second-order valence-electron chi connectivity index (χ2n) is 8.81. The lowest BCUT2D eigenvalue weighted by atomic mass is 10.0. The average Bonchev–Trinajstić information content (AvgIpc) is 3.29. The quantitative estimate of drug-likeness (QED) is 0.202. The monoisotopic (exact) mass is 571 g/mol. The highest BCUT2D eigenvalue weighted by Crippen LogP contribution is 2.27. The molecule has 3 aromatic heterocycles. The van der Waals surface area contributed by atoms with E-state index in [0.29, 0.717) is 25.2 Å². The smallest absolute Gasteiger partial charge is 0.162 e. The number of pyridine rings is 1. The summed E-state index contributed by atoms with van der Waals surface area (Å²) in [6, 6.07) is 20.3. The molecule has 186 valence electrons. The number of anilines is 1. The number of hydrogen-bond donors (Lipinski definition) is 1. The van der Waals surface area contributed by atoms with Crippen LogP contribution in [0.1, 0.15) is 16.7 Å². The molecule has 5 aromatic rings. The molecule has 0 atom stereocenters. The van der Waals surface area contributed by atoms with Crippen molar-refractivity contribution < 1.29 is 4.74 Å². The topological polar surface area (TPSA) is 64.9 Å². The Kier molecular flexibility index (Phi) is 7.58.